The largest absolute Gasteiger partial charge is 0.324 e. The SMILES string of the molecule is CCCn1cc(C(N)Cc2nc(C)cs2)cn1. The first-order valence-electron chi connectivity index (χ1n) is 5.88. The zero-order valence-electron chi connectivity index (χ0n) is 10.3. The summed E-state index contributed by atoms with van der Waals surface area (Å²) in [7, 11) is 0. The summed E-state index contributed by atoms with van der Waals surface area (Å²) in [6, 6.07) is -0.00819. The van der Waals surface area contributed by atoms with E-state index in [-0.39, 0.29) is 6.04 Å². The Bertz CT molecular complexity index is 474. The van der Waals surface area contributed by atoms with Gasteiger partial charge in [-0.05, 0) is 13.3 Å². The minimum Gasteiger partial charge on any atom is -0.324 e. The molecule has 2 aromatic rings. The highest BCUT2D eigenvalue weighted by molar-refractivity contribution is 7.09. The van der Waals surface area contributed by atoms with Crippen molar-refractivity contribution >= 4 is 11.3 Å². The van der Waals surface area contributed by atoms with Crippen molar-refractivity contribution in [2.75, 3.05) is 0 Å². The smallest absolute Gasteiger partial charge is 0.0947 e. The van der Waals surface area contributed by atoms with Gasteiger partial charge >= 0.3 is 0 Å². The number of thiazole rings is 1. The zero-order chi connectivity index (χ0) is 12.3. The van der Waals surface area contributed by atoms with E-state index in [2.05, 4.69) is 22.4 Å². The molecule has 2 aromatic heterocycles. The molecule has 0 saturated carbocycles. The lowest BCUT2D eigenvalue weighted by atomic mass is 10.1. The molecule has 0 bridgehead atoms. The second kappa shape index (κ2) is 5.42. The van der Waals surface area contributed by atoms with Crippen molar-refractivity contribution in [2.45, 2.75) is 39.3 Å². The lowest BCUT2D eigenvalue weighted by Crippen LogP contribution is -2.12. The molecule has 0 aliphatic rings. The van der Waals surface area contributed by atoms with Crippen LogP contribution in [0.2, 0.25) is 0 Å². The second-order valence-electron chi connectivity index (χ2n) is 4.23. The predicted molar refractivity (Wildman–Crippen MR) is 70.0 cm³/mol. The first-order valence-corrected chi connectivity index (χ1v) is 6.76. The molecule has 5 heteroatoms. The maximum Gasteiger partial charge on any atom is 0.0947 e. The van der Waals surface area contributed by atoms with Crippen LogP contribution in [-0.4, -0.2) is 14.8 Å². The first-order chi connectivity index (χ1) is 8.19. The second-order valence-corrected chi connectivity index (χ2v) is 5.17. The van der Waals surface area contributed by atoms with Crippen LogP contribution in [0, 0.1) is 6.92 Å². The molecule has 0 fully saturated rings. The average molecular weight is 250 g/mol. The normalized spacial score (nSPS) is 12.9. The molecule has 2 heterocycles. The summed E-state index contributed by atoms with van der Waals surface area (Å²) >= 11 is 1.67. The Hall–Kier alpha value is -1.20. The van der Waals surface area contributed by atoms with Gasteiger partial charge in [0, 0.05) is 41.8 Å². The Balaban J connectivity index is 2.01. The highest BCUT2D eigenvalue weighted by atomic mass is 32.1. The predicted octanol–water partition coefficient (Wildman–Crippen LogP) is 2.30. The van der Waals surface area contributed by atoms with Crippen molar-refractivity contribution in [1.82, 2.24) is 14.8 Å². The number of nitrogens with two attached hydrogens (primary N) is 1. The molecule has 0 spiro atoms. The summed E-state index contributed by atoms with van der Waals surface area (Å²) in [4.78, 5) is 4.43. The summed E-state index contributed by atoms with van der Waals surface area (Å²) in [6.07, 6.45) is 5.77. The van der Waals surface area contributed by atoms with Crippen molar-refractivity contribution in [3.05, 3.63) is 34.0 Å². The van der Waals surface area contributed by atoms with Gasteiger partial charge in [0.1, 0.15) is 0 Å². The van der Waals surface area contributed by atoms with Crippen LogP contribution in [0.15, 0.2) is 17.8 Å². The Morgan fingerprint density at radius 2 is 2.35 bits per heavy atom. The van der Waals surface area contributed by atoms with Crippen LogP contribution in [0.1, 0.15) is 35.7 Å². The Kier molecular flexibility index (Phi) is 3.91. The van der Waals surface area contributed by atoms with Gasteiger partial charge in [-0.3, -0.25) is 4.68 Å². The standard InChI is InChI=1S/C12H18N4S/c1-3-4-16-7-10(6-14-16)11(13)5-12-15-9(2)8-17-12/h6-8,11H,3-5,13H2,1-2H3. The van der Waals surface area contributed by atoms with Gasteiger partial charge < -0.3 is 5.73 Å². The van der Waals surface area contributed by atoms with Crippen molar-refractivity contribution in [1.29, 1.82) is 0 Å². The lowest BCUT2D eigenvalue weighted by molar-refractivity contribution is 0.600. The molecule has 1 atom stereocenters. The number of nitrogens with zero attached hydrogens (tertiary/aromatic N) is 3. The Morgan fingerprint density at radius 3 is 3.00 bits per heavy atom. The van der Waals surface area contributed by atoms with Crippen LogP contribution in [-0.2, 0) is 13.0 Å². The first kappa shape index (κ1) is 12.3. The molecule has 0 aliphatic carbocycles. The fourth-order valence-corrected chi connectivity index (χ4v) is 2.56. The highest BCUT2D eigenvalue weighted by Crippen LogP contribution is 2.18. The molecular weight excluding hydrogens is 232 g/mol. The number of rotatable bonds is 5. The summed E-state index contributed by atoms with van der Waals surface area (Å²) in [5, 5.41) is 7.45. The molecule has 2 rings (SSSR count). The molecule has 0 aliphatic heterocycles. The van der Waals surface area contributed by atoms with Gasteiger partial charge in [0.15, 0.2) is 0 Å². The third-order valence-corrected chi connectivity index (χ3v) is 3.58. The molecule has 4 nitrogen and oxygen atoms in total. The van der Waals surface area contributed by atoms with E-state index < -0.39 is 0 Å². The van der Waals surface area contributed by atoms with Crippen LogP contribution in [0.3, 0.4) is 0 Å². The minimum atomic E-state index is -0.00819. The van der Waals surface area contributed by atoms with E-state index in [0.29, 0.717) is 0 Å². The van der Waals surface area contributed by atoms with Gasteiger partial charge in [0.25, 0.3) is 0 Å². The topological polar surface area (TPSA) is 56.7 Å². The van der Waals surface area contributed by atoms with Crippen LogP contribution < -0.4 is 5.73 Å². The maximum absolute atomic E-state index is 6.16. The number of hydrogen-bond donors (Lipinski definition) is 1. The molecule has 1 unspecified atom stereocenters. The van der Waals surface area contributed by atoms with Crippen LogP contribution in [0.25, 0.3) is 0 Å². The summed E-state index contributed by atoms with van der Waals surface area (Å²) < 4.78 is 1.95. The zero-order valence-corrected chi connectivity index (χ0v) is 11.1. The van der Waals surface area contributed by atoms with Crippen molar-refractivity contribution in [3.63, 3.8) is 0 Å². The molecule has 0 radical (unpaired) electrons. The van der Waals surface area contributed by atoms with E-state index in [4.69, 9.17) is 5.73 Å². The van der Waals surface area contributed by atoms with E-state index in [1.165, 1.54) is 0 Å². The number of aryl methyl sites for hydroxylation is 2. The maximum atomic E-state index is 6.16. The molecule has 0 aromatic carbocycles. The molecule has 2 N–H and O–H groups in total. The van der Waals surface area contributed by atoms with Crippen LogP contribution in [0.5, 0.6) is 0 Å². The summed E-state index contributed by atoms with van der Waals surface area (Å²) in [6.45, 7) is 5.09. The molecule has 0 amide bonds. The van der Waals surface area contributed by atoms with E-state index in [1.54, 1.807) is 11.3 Å². The van der Waals surface area contributed by atoms with Crippen LogP contribution >= 0.6 is 11.3 Å². The summed E-state index contributed by atoms with van der Waals surface area (Å²) in [5.74, 6) is 0. The fraction of sp³-hybridized carbons (Fsp3) is 0.500. The van der Waals surface area contributed by atoms with Crippen LogP contribution in [0.4, 0.5) is 0 Å². The number of aromatic nitrogens is 3. The van der Waals surface area contributed by atoms with E-state index >= 15 is 0 Å². The third-order valence-electron chi connectivity index (χ3n) is 2.60. The molecule has 0 saturated heterocycles. The fourth-order valence-electron chi connectivity index (χ4n) is 1.72. The van der Waals surface area contributed by atoms with Gasteiger partial charge in [0.05, 0.1) is 11.2 Å². The molecular formula is C12H18N4S. The average Bonchev–Trinajstić information content (AvgIpc) is 2.88. The Morgan fingerprint density at radius 1 is 1.53 bits per heavy atom. The van der Waals surface area contributed by atoms with Crippen molar-refractivity contribution in [2.24, 2.45) is 5.73 Å². The molecule has 92 valence electrons. The van der Waals surface area contributed by atoms with Crippen molar-refractivity contribution in [3.8, 4) is 0 Å². The van der Waals surface area contributed by atoms with E-state index in [9.17, 15) is 0 Å². The van der Waals surface area contributed by atoms with Gasteiger partial charge in [-0.25, -0.2) is 4.98 Å². The third kappa shape index (κ3) is 3.14. The quantitative estimate of drug-likeness (QED) is 0.886. The van der Waals surface area contributed by atoms with E-state index in [1.807, 2.05) is 24.0 Å². The monoisotopic (exact) mass is 250 g/mol. The van der Waals surface area contributed by atoms with Crippen molar-refractivity contribution < 1.29 is 0 Å². The van der Waals surface area contributed by atoms with Gasteiger partial charge in [-0.15, -0.1) is 11.3 Å². The highest BCUT2D eigenvalue weighted by Gasteiger charge is 2.11. The van der Waals surface area contributed by atoms with Gasteiger partial charge in [0.2, 0.25) is 0 Å². The Labute approximate surface area is 105 Å². The van der Waals surface area contributed by atoms with Gasteiger partial charge in [-0.2, -0.15) is 5.10 Å². The van der Waals surface area contributed by atoms with E-state index in [0.717, 1.165) is 35.7 Å². The van der Waals surface area contributed by atoms with Gasteiger partial charge in [-0.1, -0.05) is 6.92 Å². The lowest BCUT2D eigenvalue weighted by Gasteiger charge is -2.06. The number of hydrogen-bond acceptors (Lipinski definition) is 4. The summed E-state index contributed by atoms with van der Waals surface area (Å²) in [5.41, 5.74) is 8.32. The molecule has 17 heavy (non-hydrogen) atoms. The minimum absolute atomic E-state index is 0.00819.